The second-order valence-corrected chi connectivity index (χ2v) is 9.09. The Kier molecular flexibility index (Phi) is 5.08. The maximum absolute atomic E-state index is 12.5. The van der Waals surface area contributed by atoms with Gasteiger partial charge in [-0.1, -0.05) is 34.1 Å². The first-order valence-corrected chi connectivity index (χ1v) is 10.4. The molecule has 134 valence electrons. The molecule has 0 atom stereocenters. The van der Waals surface area contributed by atoms with E-state index >= 15 is 0 Å². The molecule has 3 aromatic rings. The van der Waals surface area contributed by atoms with E-state index in [2.05, 4.69) is 25.6 Å². The number of nitrogens with zero attached hydrogens (tertiary/aromatic N) is 2. The number of anilines is 1. The Morgan fingerprint density at radius 1 is 1.19 bits per heavy atom. The highest BCUT2D eigenvalue weighted by molar-refractivity contribution is 9.10. The number of aromatic nitrogens is 1. The molecule has 0 amide bonds. The Bertz CT molecular complexity index is 1080. The van der Waals surface area contributed by atoms with Gasteiger partial charge >= 0.3 is 0 Å². The lowest BCUT2D eigenvalue weighted by Gasteiger charge is -2.04. The number of thiazole rings is 1. The fourth-order valence-corrected chi connectivity index (χ4v) is 4.63. The minimum absolute atomic E-state index is 0.190. The first kappa shape index (κ1) is 18.5. The van der Waals surface area contributed by atoms with Crippen molar-refractivity contribution in [2.24, 2.45) is 0 Å². The van der Waals surface area contributed by atoms with Crippen molar-refractivity contribution in [1.29, 1.82) is 0 Å². The van der Waals surface area contributed by atoms with E-state index in [1.807, 2.05) is 31.2 Å². The van der Waals surface area contributed by atoms with Crippen LogP contribution in [0.25, 0.3) is 11.3 Å². The van der Waals surface area contributed by atoms with Crippen LogP contribution in [-0.4, -0.2) is 18.3 Å². The number of nitrogens with one attached hydrogen (secondary N) is 1. The predicted molar refractivity (Wildman–Crippen MR) is 104 cm³/mol. The van der Waals surface area contributed by atoms with Gasteiger partial charge in [-0.25, -0.2) is 13.4 Å². The third-order valence-corrected chi connectivity index (χ3v) is 6.36. The van der Waals surface area contributed by atoms with Crippen molar-refractivity contribution in [2.75, 3.05) is 4.72 Å². The summed E-state index contributed by atoms with van der Waals surface area (Å²) in [6.07, 6.45) is 0. The summed E-state index contributed by atoms with van der Waals surface area (Å²) < 4.78 is 28.3. The van der Waals surface area contributed by atoms with Crippen molar-refractivity contribution in [3.63, 3.8) is 0 Å². The molecule has 3 rings (SSSR count). The van der Waals surface area contributed by atoms with Gasteiger partial charge in [-0.05, 0) is 25.1 Å². The molecule has 0 bridgehead atoms. The second kappa shape index (κ2) is 7.14. The molecule has 0 unspecified atom stereocenters. The molecule has 0 aliphatic carbocycles. The fraction of sp³-hybridized carbons (Fsp3) is 0.0625. The molecular formula is C16H12BrN3O4S2. The summed E-state index contributed by atoms with van der Waals surface area (Å²) in [6.45, 7) is 1.85. The lowest BCUT2D eigenvalue weighted by Crippen LogP contribution is -2.13. The molecule has 0 spiro atoms. The fourth-order valence-electron chi connectivity index (χ4n) is 2.25. The minimum atomic E-state index is -3.98. The summed E-state index contributed by atoms with van der Waals surface area (Å²) in [5, 5.41) is 11.0. The van der Waals surface area contributed by atoms with Crippen LogP contribution in [0.4, 0.5) is 10.8 Å². The molecule has 0 fully saturated rings. The Morgan fingerprint density at radius 2 is 1.88 bits per heavy atom. The van der Waals surface area contributed by atoms with Gasteiger partial charge in [-0.15, -0.1) is 11.3 Å². The first-order valence-electron chi connectivity index (χ1n) is 7.27. The van der Waals surface area contributed by atoms with Gasteiger partial charge in [0.15, 0.2) is 5.13 Å². The molecule has 10 heteroatoms. The van der Waals surface area contributed by atoms with Crippen molar-refractivity contribution in [2.45, 2.75) is 11.8 Å². The highest BCUT2D eigenvalue weighted by Crippen LogP contribution is 2.32. The van der Waals surface area contributed by atoms with Crippen molar-refractivity contribution in [1.82, 2.24) is 4.98 Å². The largest absolute Gasteiger partial charge is 0.270 e. The van der Waals surface area contributed by atoms with Crippen LogP contribution in [0.15, 0.2) is 57.9 Å². The molecular weight excluding hydrogens is 442 g/mol. The van der Waals surface area contributed by atoms with E-state index in [4.69, 9.17) is 0 Å². The van der Waals surface area contributed by atoms with Crippen LogP contribution >= 0.6 is 27.3 Å². The lowest BCUT2D eigenvalue weighted by atomic mass is 10.1. The number of nitro benzene ring substituents is 1. The molecule has 0 aliphatic rings. The standard InChI is InChI=1S/C16H12BrN3O4S2/c1-10-15(11-5-7-12(17)8-6-11)18-16(25-10)19-26(23,24)14-4-2-3-13(9-14)20(21)22/h2-9H,1H3,(H,18,19). The van der Waals surface area contributed by atoms with Gasteiger partial charge in [0, 0.05) is 27.0 Å². The van der Waals surface area contributed by atoms with Gasteiger partial charge < -0.3 is 0 Å². The molecule has 26 heavy (non-hydrogen) atoms. The Labute approximate surface area is 162 Å². The summed E-state index contributed by atoms with van der Waals surface area (Å²) >= 11 is 4.56. The van der Waals surface area contributed by atoms with Crippen molar-refractivity contribution >= 4 is 48.1 Å². The Morgan fingerprint density at radius 3 is 2.54 bits per heavy atom. The number of hydrogen-bond donors (Lipinski definition) is 1. The molecule has 0 aliphatic heterocycles. The van der Waals surface area contributed by atoms with E-state index in [-0.39, 0.29) is 15.7 Å². The van der Waals surface area contributed by atoms with E-state index in [1.54, 1.807) is 0 Å². The number of nitro groups is 1. The Balaban J connectivity index is 1.91. The van der Waals surface area contributed by atoms with Gasteiger partial charge in [0.05, 0.1) is 15.5 Å². The average Bonchev–Trinajstić information content (AvgIpc) is 2.95. The van der Waals surface area contributed by atoms with Gasteiger partial charge in [0.25, 0.3) is 15.7 Å². The first-order chi connectivity index (χ1) is 12.3. The van der Waals surface area contributed by atoms with Gasteiger partial charge in [-0.3, -0.25) is 14.8 Å². The summed E-state index contributed by atoms with van der Waals surface area (Å²) in [4.78, 5) is 15.2. The topological polar surface area (TPSA) is 102 Å². The maximum Gasteiger partial charge on any atom is 0.270 e. The molecule has 1 heterocycles. The zero-order valence-corrected chi connectivity index (χ0v) is 16.6. The molecule has 0 radical (unpaired) electrons. The predicted octanol–water partition coefficient (Wildman–Crippen LogP) is 4.59. The minimum Gasteiger partial charge on any atom is -0.258 e. The summed E-state index contributed by atoms with van der Waals surface area (Å²) in [7, 11) is -3.98. The van der Waals surface area contributed by atoms with Crippen molar-refractivity contribution in [3.05, 3.63) is 68.0 Å². The summed E-state index contributed by atoms with van der Waals surface area (Å²) in [5.74, 6) is 0. The van der Waals surface area contributed by atoms with Crippen LogP contribution < -0.4 is 4.72 Å². The van der Waals surface area contributed by atoms with Crippen LogP contribution in [-0.2, 0) is 10.0 Å². The number of aryl methyl sites for hydroxylation is 1. The van der Waals surface area contributed by atoms with Crippen LogP contribution in [0.3, 0.4) is 0 Å². The van der Waals surface area contributed by atoms with Crippen molar-refractivity contribution < 1.29 is 13.3 Å². The zero-order valence-electron chi connectivity index (χ0n) is 13.3. The number of rotatable bonds is 5. The molecule has 0 saturated carbocycles. The monoisotopic (exact) mass is 453 g/mol. The zero-order chi connectivity index (χ0) is 18.9. The second-order valence-electron chi connectivity index (χ2n) is 5.29. The summed E-state index contributed by atoms with van der Waals surface area (Å²) in [5.41, 5.74) is 1.25. The summed E-state index contributed by atoms with van der Waals surface area (Å²) in [6, 6.07) is 12.4. The number of hydrogen-bond acceptors (Lipinski definition) is 6. The normalized spacial score (nSPS) is 11.3. The highest BCUT2D eigenvalue weighted by atomic mass is 79.9. The van der Waals surface area contributed by atoms with Gasteiger partial charge in [0.1, 0.15) is 0 Å². The Hall–Kier alpha value is -2.30. The molecule has 7 nitrogen and oxygen atoms in total. The van der Waals surface area contributed by atoms with Gasteiger partial charge in [0.2, 0.25) is 0 Å². The lowest BCUT2D eigenvalue weighted by molar-refractivity contribution is -0.385. The third kappa shape index (κ3) is 3.92. The highest BCUT2D eigenvalue weighted by Gasteiger charge is 2.20. The van der Waals surface area contributed by atoms with Crippen LogP contribution in [0, 0.1) is 17.0 Å². The van der Waals surface area contributed by atoms with Crippen LogP contribution in [0.5, 0.6) is 0 Å². The quantitative estimate of drug-likeness (QED) is 0.449. The van der Waals surface area contributed by atoms with E-state index in [1.165, 1.54) is 29.5 Å². The van der Waals surface area contributed by atoms with E-state index in [0.29, 0.717) is 5.69 Å². The van der Waals surface area contributed by atoms with Crippen molar-refractivity contribution in [3.8, 4) is 11.3 Å². The maximum atomic E-state index is 12.5. The average molecular weight is 454 g/mol. The molecule has 0 saturated heterocycles. The van der Waals surface area contributed by atoms with E-state index in [0.717, 1.165) is 21.0 Å². The molecule has 1 N–H and O–H groups in total. The number of halogens is 1. The van der Waals surface area contributed by atoms with Crippen LogP contribution in [0.2, 0.25) is 0 Å². The van der Waals surface area contributed by atoms with E-state index < -0.39 is 14.9 Å². The third-order valence-electron chi connectivity index (χ3n) is 3.47. The molecule has 2 aromatic carbocycles. The SMILES string of the molecule is Cc1sc(NS(=O)(=O)c2cccc([N+](=O)[O-])c2)nc1-c1ccc(Br)cc1. The smallest absolute Gasteiger partial charge is 0.258 e. The number of benzene rings is 2. The van der Waals surface area contributed by atoms with E-state index in [9.17, 15) is 18.5 Å². The van der Waals surface area contributed by atoms with Gasteiger partial charge in [-0.2, -0.15) is 0 Å². The van der Waals surface area contributed by atoms with Crippen LogP contribution in [0.1, 0.15) is 4.88 Å². The number of sulfonamides is 1. The molecule has 1 aromatic heterocycles. The number of non-ortho nitro benzene ring substituents is 1.